The van der Waals surface area contributed by atoms with Crippen molar-refractivity contribution in [3.8, 4) is 11.5 Å². The first-order chi connectivity index (χ1) is 31.1. The van der Waals surface area contributed by atoms with E-state index in [1.807, 2.05) is 0 Å². The molecule has 0 saturated carbocycles. The van der Waals surface area contributed by atoms with E-state index < -0.39 is 60.3 Å². The van der Waals surface area contributed by atoms with Crippen LogP contribution >= 0.6 is 69.8 Å². The maximum Gasteiger partial charge on any atom is 1.00 e. The van der Waals surface area contributed by atoms with E-state index in [9.17, 15) is 33.4 Å². The van der Waals surface area contributed by atoms with Gasteiger partial charge in [0.2, 0.25) is 0 Å². The van der Waals surface area contributed by atoms with Crippen LogP contribution in [0.15, 0.2) is 73.8 Å². The molecule has 0 heterocycles. The van der Waals surface area contributed by atoms with Crippen LogP contribution in [0.2, 0.25) is 0 Å². The molecule has 2 amide bonds. The summed E-state index contributed by atoms with van der Waals surface area (Å²) < 4.78 is 52.5. The number of benzene rings is 2. The molecule has 0 saturated heterocycles. The molecule has 3 unspecified atom stereocenters. The van der Waals surface area contributed by atoms with E-state index in [0.29, 0.717) is 36.2 Å². The normalized spacial score (nSPS) is 13.0. The third-order valence-electron chi connectivity index (χ3n) is 8.12. The number of carbonyl (C=O) groups excluding carboxylic acids is 4. The maximum absolute atomic E-state index is 12.7. The van der Waals surface area contributed by atoms with Gasteiger partial charge < -0.3 is 39.2 Å². The average molecular weight is 1090 g/mol. The Morgan fingerprint density at radius 1 is 0.676 bits per heavy atom. The molecule has 24 heteroatoms. The number of hydrogen-bond donors (Lipinski definition) is 2. The summed E-state index contributed by atoms with van der Waals surface area (Å²) in [6, 6.07) is 10.7. The molecule has 2 N–H and O–H groups in total. The number of hydrogen-bond acceptors (Lipinski definition) is 12. The fraction of sp³-hybridized carbons (Fsp3) is 0.545. The van der Waals surface area contributed by atoms with Crippen LogP contribution in [0.5, 0.6) is 11.5 Å². The van der Waals surface area contributed by atoms with Gasteiger partial charge in [0, 0.05) is 48.9 Å². The molecule has 0 aliphatic rings. The molecular formula is C44H66Cl5LiN4O12P2. The quantitative estimate of drug-likeness (QED) is 0.0195. The summed E-state index contributed by atoms with van der Waals surface area (Å²) in [5, 5.41) is 16.2. The van der Waals surface area contributed by atoms with Crippen molar-refractivity contribution in [1.82, 2.24) is 20.0 Å². The second kappa shape index (κ2) is 34.7. The van der Waals surface area contributed by atoms with Gasteiger partial charge in [-0.2, -0.15) is 0 Å². The zero-order valence-electron chi connectivity index (χ0n) is 40.4. The third-order valence-corrected chi connectivity index (χ3v) is 13.6. The summed E-state index contributed by atoms with van der Waals surface area (Å²) in [6.07, 6.45) is 5.05. The van der Waals surface area contributed by atoms with Crippen LogP contribution in [-0.2, 0) is 50.5 Å². The Hall–Kier alpha value is -2.57. The molecular weight excluding hydrogens is 1020 g/mol. The van der Waals surface area contributed by atoms with Gasteiger partial charge in [-0.3, -0.25) is 4.57 Å². The zero-order valence-corrected chi connectivity index (χ0v) is 46.0. The minimum Gasteiger partial charge on any atom is -0.872 e. The van der Waals surface area contributed by atoms with E-state index in [1.54, 1.807) is 92.0 Å². The monoisotopic (exact) mass is 1090 g/mol. The fourth-order valence-electron chi connectivity index (χ4n) is 4.86. The van der Waals surface area contributed by atoms with E-state index in [2.05, 4.69) is 23.8 Å². The second-order valence-corrected chi connectivity index (χ2v) is 25.1. The number of alkyl halides is 2. The summed E-state index contributed by atoms with van der Waals surface area (Å²) in [7, 11) is 3.26. The van der Waals surface area contributed by atoms with Crippen LogP contribution < -0.4 is 39.1 Å². The fourth-order valence-corrected chi connectivity index (χ4v) is 7.43. The summed E-state index contributed by atoms with van der Waals surface area (Å²) in [5.41, 5.74) is 0.0369. The predicted molar refractivity (Wildman–Crippen MR) is 267 cm³/mol. The average Bonchev–Trinajstić information content (AvgIpc) is 3.21. The minimum absolute atomic E-state index is 0. The largest absolute Gasteiger partial charge is 1.00 e. The zero-order chi connectivity index (χ0) is 51.4. The van der Waals surface area contributed by atoms with Gasteiger partial charge in [-0.15, -0.1) is 29.0 Å². The molecule has 2 aromatic rings. The number of amides is 2. The number of carbonyl (C=O) groups is 4. The van der Waals surface area contributed by atoms with E-state index >= 15 is 0 Å². The Morgan fingerprint density at radius 3 is 1.38 bits per heavy atom. The molecule has 16 nitrogen and oxygen atoms in total. The molecule has 3 atom stereocenters. The van der Waals surface area contributed by atoms with Gasteiger partial charge in [-0.05, 0) is 127 Å². The van der Waals surface area contributed by atoms with E-state index in [0.717, 1.165) is 31.2 Å². The molecule has 0 radical (unpaired) electrons. The smallest absolute Gasteiger partial charge is 0.872 e. The SMILES string of the molecule is C=CCOC(=O)C(Cc1ccc(OP(=O)(Cl)N(C)CCCCCl)cc1)NC(=O)OC(C)(C)C.C=CCOC(=O)C(Cc1ccc([O-])cc1)NC(=O)OC(C)(C)C.CN(CCCCCl)P(=O)(Cl)Cl.[Li+]. The van der Waals surface area contributed by atoms with E-state index in [1.165, 1.54) is 33.6 Å². The number of alkyl carbamates (subject to hydrolysis) is 2. The Balaban J connectivity index is 0. The van der Waals surface area contributed by atoms with Gasteiger partial charge in [0.1, 0.15) is 42.2 Å². The van der Waals surface area contributed by atoms with Crippen molar-refractivity contribution in [1.29, 1.82) is 0 Å². The van der Waals surface area contributed by atoms with Crippen molar-refractivity contribution in [2.45, 2.75) is 103 Å². The van der Waals surface area contributed by atoms with Gasteiger partial charge in [-0.25, -0.2) is 33.1 Å². The van der Waals surface area contributed by atoms with Gasteiger partial charge in [0.25, 0.3) is 0 Å². The number of unbranched alkanes of at least 4 members (excludes halogenated alkanes) is 2. The van der Waals surface area contributed by atoms with Crippen LogP contribution in [0.1, 0.15) is 78.4 Å². The van der Waals surface area contributed by atoms with Gasteiger partial charge in [-0.1, -0.05) is 61.7 Å². The topological polar surface area (TPSA) is 202 Å². The Labute approximate surface area is 438 Å². The van der Waals surface area contributed by atoms with Crippen LogP contribution in [0.25, 0.3) is 0 Å². The maximum atomic E-state index is 12.7. The first-order valence-corrected chi connectivity index (χ1v) is 28.0. The third kappa shape index (κ3) is 33.1. The molecule has 2 rings (SSSR count). The molecule has 0 spiro atoms. The minimum atomic E-state index is -3.55. The van der Waals surface area contributed by atoms with Crippen molar-refractivity contribution in [2.75, 3.05) is 52.2 Å². The van der Waals surface area contributed by atoms with Crippen LogP contribution in [0, 0.1) is 0 Å². The van der Waals surface area contributed by atoms with Crippen LogP contribution in [-0.4, -0.2) is 109 Å². The van der Waals surface area contributed by atoms with Crippen molar-refractivity contribution >= 4 is 93.9 Å². The number of nitrogens with zero attached hydrogens (tertiary/aromatic N) is 2. The first-order valence-electron chi connectivity index (χ1n) is 21.0. The van der Waals surface area contributed by atoms with E-state index in [-0.39, 0.29) is 50.7 Å². The van der Waals surface area contributed by atoms with Gasteiger partial charge in [0.05, 0.1) is 0 Å². The number of halogens is 5. The molecule has 380 valence electrons. The summed E-state index contributed by atoms with van der Waals surface area (Å²) >= 11 is 28.0. The molecule has 0 aliphatic heterocycles. The summed E-state index contributed by atoms with van der Waals surface area (Å²) in [6.45, 7) is 14.9. The molecule has 0 fully saturated rings. The molecule has 68 heavy (non-hydrogen) atoms. The Morgan fingerprint density at radius 2 is 1.04 bits per heavy atom. The molecule has 0 aromatic heterocycles. The van der Waals surface area contributed by atoms with Crippen molar-refractivity contribution in [3.63, 3.8) is 0 Å². The number of nitrogens with one attached hydrogen (secondary N) is 2. The Bertz CT molecular complexity index is 1920. The molecule has 0 aliphatic carbocycles. The number of esters is 2. The summed E-state index contributed by atoms with van der Waals surface area (Å²) in [5.74, 6) is -2.96. The standard InChI is InChI=1S/C22H33Cl2N2O6P.C17H23NO5.C5H11Cl3NOP.Li/c1-6-15-30-20(27)19(25-21(28)31-22(2,3)4)16-17-9-11-18(12-10-17)32-33(24,29)26(5)14-8-7-13-23;1-5-10-22-15(20)14(18-16(21)23-17(2,3)4)11-12-6-8-13(19)9-7-12;1-9(11(7,8)10)5-3-2-4-6;/h6,9-12,19H,1,7-8,13-16H2,2-5H3,(H,25,28);5-9,14,19H,1,10-11H2,2-4H3,(H,18,21);2-5H2,1H3;/q;;;+1/p-1. The predicted octanol–water partition coefficient (Wildman–Crippen LogP) is 7.98. The van der Waals surface area contributed by atoms with E-state index in [4.69, 9.17) is 80.4 Å². The van der Waals surface area contributed by atoms with Crippen LogP contribution in [0.4, 0.5) is 9.59 Å². The summed E-state index contributed by atoms with van der Waals surface area (Å²) in [4.78, 5) is 48.5. The molecule has 2 aromatic carbocycles. The van der Waals surface area contributed by atoms with Crippen molar-refractivity contribution < 1.29 is 75.7 Å². The second-order valence-electron chi connectivity index (χ2n) is 16.5. The van der Waals surface area contributed by atoms with Gasteiger partial charge >= 0.3 is 55.9 Å². The van der Waals surface area contributed by atoms with Gasteiger partial charge in [0.15, 0.2) is 0 Å². The number of ether oxygens (including phenoxy) is 4. The van der Waals surface area contributed by atoms with Crippen molar-refractivity contribution in [2.24, 2.45) is 0 Å². The molecule has 0 bridgehead atoms. The Kier molecular flexibility index (Phi) is 34.4. The van der Waals surface area contributed by atoms with Crippen LogP contribution in [0.3, 0.4) is 0 Å². The number of rotatable bonds is 24. The first kappa shape index (κ1) is 67.5. The van der Waals surface area contributed by atoms with Crippen molar-refractivity contribution in [3.05, 3.63) is 85.0 Å².